The molecule has 0 aliphatic heterocycles. The number of hydrogen-bond donors (Lipinski definition) is 1. The summed E-state index contributed by atoms with van der Waals surface area (Å²) in [5.74, 6) is 1.50. The van der Waals surface area contributed by atoms with Gasteiger partial charge in [0.15, 0.2) is 0 Å². The van der Waals surface area contributed by atoms with Crippen LogP contribution >= 0.6 is 22.9 Å². The summed E-state index contributed by atoms with van der Waals surface area (Å²) >= 11 is 7.41. The smallest absolute Gasteiger partial charge is 0.225 e. The SMILES string of the molecule is Cc1cc(CNc2nc(Cl)nc3sccc23)no1. The summed E-state index contributed by atoms with van der Waals surface area (Å²) in [6.07, 6.45) is 0. The van der Waals surface area contributed by atoms with Crippen LogP contribution in [0.4, 0.5) is 5.82 Å². The van der Waals surface area contributed by atoms with Gasteiger partial charge < -0.3 is 9.84 Å². The van der Waals surface area contributed by atoms with E-state index in [2.05, 4.69) is 20.4 Å². The third-order valence-electron chi connectivity index (χ3n) is 2.41. The van der Waals surface area contributed by atoms with Gasteiger partial charge in [0, 0.05) is 6.07 Å². The Morgan fingerprint density at radius 3 is 3.11 bits per heavy atom. The molecular formula is C11H9ClN4OS. The number of halogens is 1. The number of anilines is 1. The molecule has 0 unspecified atom stereocenters. The van der Waals surface area contributed by atoms with Crippen LogP contribution in [0.5, 0.6) is 0 Å². The van der Waals surface area contributed by atoms with Crippen LogP contribution in [-0.2, 0) is 6.54 Å². The van der Waals surface area contributed by atoms with E-state index >= 15 is 0 Å². The third kappa shape index (κ3) is 2.16. The number of fused-ring (bicyclic) bond motifs is 1. The van der Waals surface area contributed by atoms with Gasteiger partial charge in [-0.15, -0.1) is 11.3 Å². The van der Waals surface area contributed by atoms with Crippen molar-refractivity contribution < 1.29 is 4.52 Å². The Bertz CT molecular complexity index is 693. The second-order valence-electron chi connectivity index (χ2n) is 3.76. The summed E-state index contributed by atoms with van der Waals surface area (Å²) in [6, 6.07) is 3.84. The predicted octanol–water partition coefficient (Wildman–Crippen LogP) is 3.25. The van der Waals surface area contributed by atoms with E-state index in [4.69, 9.17) is 16.1 Å². The molecule has 0 spiro atoms. The largest absolute Gasteiger partial charge is 0.364 e. The molecular weight excluding hydrogens is 272 g/mol. The van der Waals surface area contributed by atoms with Crippen LogP contribution in [-0.4, -0.2) is 15.1 Å². The van der Waals surface area contributed by atoms with Crippen LogP contribution in [0.3, 0.4) is 0 Å². The summed E-state index contributed by atoms with van der Waals surface area (Å²) in [5, 5.41) is 10.3. The van der Waals surface area contributed by atoms with Gasteiger partial charge in [-0.3, -0.25) is 0 Å². The highest BCUT2D eigenvalue weighted by Crippen LogP contribution is 2.26. The monoisotopic (exact) mass is 280 g/mol. The molecule has 5 nitrogen and oxygen atoms in total. The Labute approximate surface area is 112 Å². The topological polar surface area (TPSA) is 63.8 Å². The van der Waals surface area contributed by atoms with Gasteiger partial charge in [0.25, 0.3) is 0 Å². The van der Waals surface area contributed by atoms with Crippen LogP contribution in [0.25, 0.3) is 10.2 Å². The highest BCUT2D eigenvalue weighted by atomic mass is 35.5. The van der Waals surface area contributed by atoms with Crippen molar-refractivity contribution >= 4 is 39.0 Å². The summed E-state index contributed by atoms with van der Waals surface area (Å²) in [6.45, 7) is 2.39. The molecule has 3 aromatic rings. The number of aromatic nitrogens is 3. The lowest BCUT2D eigenvalue weighted by Gasteiger charge is -2.04. The molecule has 7 heteroatoms. The fourth-order valence-electron chi connectivity index (χ4n) is 1.64. The zero-order chi connectivity index (χ0) is 12.5. The van der Waals surface area contributed by atoms with Gasteiger partial charge in [0.05, 0.1) is 11.9 Å². The van der Waals surface area contributed by atoms with Gasteiger partial charge >= 0.3 is 0 Å². The van der Waals surface area contributed by atoms with Crippen molar-refractivity contribution in [3.8, 4) is 0 Å². The van der Waals surface area contributed by atoms with Crippen LogP contribution < -0.4 is 5.32 Å². The Kier molecular flexibility index (Phi) is 2.89. The normalized spacial score (nSPS) is 11.0. The first-order chi connectivity index (χ1) is 8.72. The molecule has 0 amide bonds. The van der Waals surface area contributed by atoms with Gasteiger partial charge in [-0.25, -0.2) is 9.97 Å². The van der Waals surface area contributed by atoms with Crippen LogP contribution in [0.1, 0.15) is 11.5 Å². The Morgan fingerprint density at radius 1 is 1.44 bits per heavy atom. The van der Waals surface area contributed by atoms with Crippen LogP contribution in [0.15, 0.2) is 22.0 Å². The second-order valence-corrected chi connectivity index (χ2v) is 5.00. The summed E-state index contributed by atoms with van der Waals surface area (Å²) in [5.41, 5.74) is 0.825. The minimum absolute atomic E-state index is 0.240. The van der Waals surface area contributed by atoms with Gasteiger partial charge in [0.1, 0.15) is 22.1 Å². The van der Waals surface area contributed by atoms with Crippen LogP contribution in [0, 0.1) is 6.92 Å². The van der Waals surface area contributed by atoms with E-state index in [1.54, 1.807) is 0 Å². The average molecular weight is 281 g/mol. The van der Waals surface area contributed by atoms with Crippen molar-refractivity contribution in [2.75, 3.05) is 5.32 Å². The standard InChI is InChI=1S/C11H9ClN4OS/c1-6-4-7(16-17-6)5-13-9-8-2-3-18-10(8)15-11(12)14-9/h2-4H,5H2,1H3,(H,13,14,15). The Balaban J connectivity index is 1.87. The molecule has 1 N–H and O–H groups in total. The highest BCUT2D eigenvalue weighted by Gasteiger charge is 2.08. The van der Waals surface area contributed by atoms with E-state index < -0.39 is 0 Å². The quantitative estimate of drug-likeness (QED) is 0.746. The Morgan fingerprint density at radius 2 is 2.33 bits per heavy atom. The van der Waals surface area contributed by atoms with Crippen molar-refractivity contribution in [2.24, 2.45) is 0 Å². The van der Waals surface area contributed by atoms with Crippen molar-refractivity contribution in [1.82, 2.24) is 15.1 Å². The van der Waals surface area contributed by atoms with E-state index in [9.17, 15) is 0 Å². The molecule has 0 saturated carbocycles. The van der Waals surface area contributed by atoms with E-state index in [0.29, 0.717) is 12.4 Å². The fourth-order valence-corrected chi connectivity index (χ4v) is 2.62. The summed E-state index contributed by atoms with van der Waals surface area (Å²) in [4.78, 5) is 9.21. The first kappa shape index (κ1) is 11.4. The molecule has 18 heavy (non-hydrogen) atoms. The number of aryl methyl sites for hydroxylation is 1. The first-order valence-electron chi connectivity index (χ1n) is 5.29. The zero-order valence-corrected chi connectivity index (χ0v) is 11.0. The lowest BCUT2D eigenvalue weighted by Crippen LogP contribution is -2.02. The molecule has 0 radical (unpaired) electrons. The molecule has 0 saturated heterocycles. The molecule has 3 rings (SSSR count). The van der Waals surface area contributed by atoms with Crippen molar-refractivity contribution in [3.05, 3.63) is 34.3 Å². The van der Waals surface area contributed by atoms with Crippen molar-refractivity contribution in [2.45, 2.75) is 13.5 Å². The minimum Gasteiger partial charge on any atom is -0.364 e. The van der Waals surface area contributed by atoms with E-state index in [1.807, 2.05) is 24.4 Å². The molecule has 0 atom stereocenters. The molecule has 0 bridgehead atoms. The number of thiophene rings is 1. The molecule has 0 aliphatic rings. The zero-order valence-electron chi connectivity index (χ0n) is 9.48. The maximum absolute atomic E-state index is 5.88. The number of hydrogen-bond acceptors (Lipinski definition) is 6. The maximum atomic E-state index is 5.88. The maximum Gasteiger partial charge on any atom is 0.225 e. The molecule has 0 fully saturated rings. The van der Waals surface area contributed by atoms with Crippen molar-refractivity contribution in [1.29, 1.82) is 0 Å². The lowest BCUT2D eigenvalue weighted by atomic mass is 10.3. The molecule has 0 aliphatic carbocycles. The molecule has 92 valence electrons. The number of rotatable bonds is 3. The predicted molar refractivity (Wildman–Crippen MR) is 71.0 cm³/mol. The van der Waals surface area contributed by atoms with Crippen LogP contribution in [0.2, 0.25) is 5.28 Å². The Hall–Kier alpha value is -1.66. The highest BCUT2D eigenvalue weighted by molar-refractivity contribution is 7.16. The number of nitrogens with one attached hydrogen (secondary N) is 1. The molecule has 0 aromatic carbocycles. The molecule has 3 heterocycles. The summed E-state index contributed by atoms with van der Waals surface area (Å²) in [7, 11) is 0. The third-order valence-corrected chi connectivity index (χ3v) is 3.39. The first-order valence-corrected chi connectivity index (χ1v) is 6.55. The fraction of sp³-hybridized carbons (Fsp3) is 0.182. The van der Waals surface area contributed by atoms with Gasteiger partial charge in [-0.2, -0.15) is 0 Å². The van der Waals surface area contributed by atoms with E-state index in [0.717, 1.165) is 21.7 Å². The average Bonchev–Trinajstić information content (AvgIpc) is 2.94. The molecule has 3 aromatic heterocycles. The summed E-state index contributed by atoms with van der Waals surface area (Å²) < 4.78 is 5.00. The van der Waals surface area contributed by atoms with Crippen molar-refractivity contribution in [3.63, 3.8) is 0 Å². The van der Waals surface area contributed by atoms with Gasteiger partial charge in [0.2, 0.25) is 5.28 Å². The minimum atomic E-state index is 0.240. The second kappa shape index (κ2) is 4.55. The lowest BCUT2D eigenvalue weighted by molar-refractivity contribution is 0.391. The van der Waals surface area contributed by atoms with E-state index in [1.165, 1.54) is 11.3 Å². The van der Waals surface area contributed by atoms with E-state index in [-0.39, 0.29) is 5.28 Å². The van der Waals surface area contributed by atoms with Gasteiger partial charge in [-0.05, 0) is 30.0 Å². The van der Waals surface area contributed by atoms with Gasteiger partial charge in [-0.1, -0.05) is 5.16 Å². The number of nitrogens with zero attached hydrogens (tertiary/aromatic N) is 3.